The van der Waals surface area contributed by atoms with Gasteiger partial charge < -0.3 is 4.42 Å². The van der Waals surface area contributed by atoms with E-state index in [0.29, 0.717) is 5.76 Å². The Morgan fingerprint density at radius 1 is 1.03 bits per heavy atom. The van der Waals surface area contributed by atoms with Crippen LogP contribution in [0.15, 0.2) is 87.6 Å². The second-order valence-corrected chi connectivity index (χ2v) is 7.35. The van der Waals surface area contributed by atoms with Crippen LogP contribution in [-0.2, 0) is 11.0 Å². The fraction of sp³-hybridized carbons (Fsp3) is 0.0952. The van der Waals surface area contributed by atoms with E-state index < -0.39 is 22.9 Å². The van der Waals surface area contributed by atoms with Crippen LogP contribution in [0.3, 0.4) is 0 Å². The number of amidine groups is 1. The SMILES string of the molecule is O=C1C(c2ccccc2)SC(=NN=Cc2ccco2)N1c1cccc(C(F)(F)F)c1. The zero-order chi connectivity index (χ0) is 21.1. The van der Waals surface area contributed by atoms with Gasteiger partial charge in [0.25, 0.3) is 5.91 Å². The normalized spacial score (nSPS) is 18.6. The van der Waals surface area contributed by atoms with Gasteiger partial charge in [0.2, 0.25) is 0 Å². The summed E-state index contributed by atoms with van der Waals surface area (Å²) in [5.41, 5.74) is -0.0446. The molecular weight excluding hydrogens is 415 g/mol. The van der Waals surface area contributed by atoms with Crippen LogP contribution >= 0.6 is 11.8 Å². The Labute approximate surface area is 173 Å². The van der Waals surface area contributed by atoms with Crippen LogP contribution < -0.4 is 4.90 Å². The van der Waals surface area contributed by atoms with Crippen molar-refractivity contribution in [1.29, 1.82) is 0 Å². The molecule has 3 aromatic rings. The van der Waals surface area contributed by atoms with Gasteiger partial charge in [0.05, 0.1) is 23.7 Å². The largest absolute Gasteiger partial charge is 0.463 e. The number of rotatable bonds is 4. The zero-order valence-electron chi connectivity index (χ0n) is 15.3. The van der Waals surface area contributed by atoms with Gasteiger partial charge in [-0.15, -0.1) is 5.10 Å². The maximum Gasteiger partial charge on any atom is 0.416 e. The summed E-state index contributed by atoms with van der Waals surface area (Å²) in [7, 11) is 0. The number of anilines is 1. The average molecular weight is 429 g/mol. The van der Waals surface area contributed by atoms with Gasteiger partial charge in [-0.3, -0.25) is 9.69 Å². The summed E-state index contributed by atoms with van der Waals surface area (Å²) in [5, 5.41) is 7.56. The predicted molar refractivity (Wildman–Crippen MR) is 109 cm³/mol. The lowest BCUT2D eigenvalue weighted by molar-refractivity contribution is -0.137. The molecule has 1 aliphatic heterocycles. The molecule has 1 fully saturated rings. The highest BCUT2D eigenvalue weighted by Crippen LogP contribution is 2.42. The van der Waals surface area contributed by atoms with E-state index in [0.717, 1.165) is 34.4 Å². The first kappa shape index (κ1) is 20.0. The summed E-state index contributed by atoms with van der Waals surface area (Å²) in [6.07, 6.45) is -1.69. The van der Waals surface area contributed by atoms with Crippen LogP contribution in [0.1, 0.15) is 22.1 Å². The zero-order valence-corrected chi connectivity index (χ0v) is 16.1. The molecular formula is C21H14F3N3O2S. The molecule has 9 heteroatoms. The number of benzene rings is 2. The maximum absolute atomic E-state index is 13.2. The molecule has 1 unspecified atom stereocenters. The van der Waals surface area contributed by atoms with Gasteiger partial charge in [0, 0.05) is 0 Å². The van der Waals surface area contributed by atoms with Crippen LogP contribution in [0.25, 0.3) is 0 Å². The van der Waals surface area contributed by atoms with Crippen LogP contribution in [-0.4, -0.2) is 17.3 Å². The van der Waals surface area contributed by atoms with E-state index in [9.17, 15) is 18.0 Å². The first-order chi connectivity index (χ1) is 14.4. The quantitative estimate of drug-likeness (QED) is 0.406. The fourth-order valence-electron chi connectivity index (χ4n) is 2.89. The molecule has 1 saturated heterocycles. The first-order valence-corrected chi connectivity index (χ1v) is 9.69. The monoisotopic (exact) mass is 429 g/mol. The number of alkyl halides is 3. The van der Waals surface area contributed by atoms with Crippen molar-refractivity contribution >= 4 is 34.7 Å². The fourth-order valence-corrected chi connectivity index (χ4v) is 3.99. The summed E-state index contributed by atoms with van der Waals surface area (Å²) in [6, 6.07) is 16.9. The Morgan fingerprint density at radius 2 is 1.83 bits per heavy atom. The lowest BCUT2D eigenvalue weighted by Crippen LogP contribution is -2.30. The van der Waals surface area contributed by atoms with E-state index in [1.165, 1.54) is 24.6 Å². The molecule has 0 saturated carbocycles. The predicted octanol–water partition coefficient (Wildman–Crippen LogP) is 5.51. The second-order valence-electron chi connectivity index (χ2n) is 6.27. The number of carbonyl (C=O) groups is 1. The molecule has 152 valence electrons. The summed E-state index contributed by atoms with van der Waals surface area (Å²) < 4.78 is 44.7. The summed E-state index contributed by atoms with van der Waals surface area (Å²) in [5.74, 6) is 0.0661. The molecule has 0 spiro atoms. The van der Waals surface area contributed by atoms with Gasteiger partial charge in [0.1, 0.15) is 11.0 Å². The lowest BCUT2D eigenvalue weighted by atomic mass is 10.1. The van der Waals surface area contributed by atoms with Gasteiger partial charge in [-0.25, -0.2) is 0 Å². The molecule has 2 heterocycles. The molecule has 0 radical (unpaired) electrons. The molecule has 30 heavy (non-hydrogen) atoms. The van der Waals surface area contributed by atoms with Gasteiger partial charge >= 0.3 is 6.18 Å². The van der Waals surface area contributed by atoms with E-state index in [1.807, 2.05) is 6.07 Å². The maximum atomic E-state index is 13.2. The summed E-state index contributed by atoms with van der Waals surface area (Å²) >= 11 is 1.13. The van der Waals surface area contributed by atoms with Crippen molar-refractivity contribution in [2.45, 2.75) is 11.4 Å². The van der Waals surface area contributed by atoms with Crippen molar-refractivity contribution < 1.29 is 22.4 Å². The van der Waals surface area contributed by atoms with E-state index in [-0.39, 0.29) is 10.9 Å². The standard InChI is InChI=1S/C21H14F3N3O2S/c22-21(23,24)15-8-4-9-16(12-15)27-19(28)18(14-6-2-1-3-7-14)30-20(27)26-25-13-17-10-5-11-29-17/h1-13,18H. The Morgan fingerprint density at radius 3 is 2.53 bits per heavy atom. The molecule has 5 nitrogen and oxygen atoms in total. The highest BCUT2D eigenvalue weighted by atomic mass is 32.2. The minimum atomic E-state index is -4.53. The topological polar surface area (TPSA) is 58.2 Å². The molecule has 0 aliphatic carbocycles. The minimum absolute atomic E-state index is 0.0766. The minimum Gasteiger partial charge on any atom is -0.463 e. The van der Waals surface area contributed by atoms with Crippen LogP contribution in [0.4, 0.5) is 18.9 Å². The third-order valence-electron chi connectivity index (χ3n) is 4.26. The van der Waals surface area contributed by atoms with E-state index in [1.54, 1.807) is 36.4 Å². The van der Waals surface area contributed by atoms with Gasteiger partial charge in [0.15, 0.2) is 5.17 Å². The van der Waals surface area contributed by atoms with Crippen molar-refractivity contribution in [1.82, 2.24) is 0 Å². The molecule has 1 aromatic heterocycles. The Balaban J connectivity index is 1.73. The van der Waals surface area contributed by atoms with Crippen molar-refractivity contribution in [3.05, 3.63) is 89.9 Å². The number of nitrogens with zero attached hydrogens (tertiary/aromatic N) is 3. The first-order valence-electron chi connectivity index (χ1n) is 8.81. The molecule has 2 aromatic carbocycles. The number of thioether (sulfide) groups is 1. The molecule has 1 atom stereocenters. The highest BCUT2D eigenvalue weighted by molar-refractivity contribution is 8.15. The third-order valence-corrected chi connectivity index (χ3v) is 5.45. The van der Waals surface area contributed by atoms with Crippen molar-refractivity contribution in [2.24, 2.45) is 10.2 Å². The Bertz CT molecular complexity index is 1100. The summed E-state index contributed by atoms with van der Waals surface area (Å²) in [6.45, 7) is 0. The van der Waals surface area contributed by atoms with Crippen LogP contribution in [0.2, 0.25) is 0 Å². The lowest BCUT2D eigenvalue weighted by Gasteiger charge is -2.17. The Kier molecular flexibility index (Phi) is 5.45. The molecule has 4 rings (SSSR count). The van der Waals surface area contributed by atoms with E-state index in [2.05, 4.69) is 10.2 Å². The number of carbonyl (C=O) groups excluding carboxylic acids is 1. The van der Waals surface area contributed by atoms with Gasteiger partial charge in [-0.1, -0.05) is 48.2 Å². The van der Waals surface area contributed by atoms with Gasteiger partial charge in [-0.2, -0.15) is 18.3 Å². The molecule has 0 bridgehead atoms. The van der Waals surface area contributed by atoms with Crippen molar-refractivity contribution in [2.75, 3.05) is 4.90 Å². The number of hydrogen-bond acceptors (Lipinski definition) is 5. The molecule has 1 aliphatic rings. The average Bonchev–Trinajstić information content (AvgIpc) is 3.36. The number of halogens is 3. The van der Waals surface area contributed by atoms with E-state index in [4.69, 9.17) is 4.42 Å². The van der Waals surface area contributed by atoms with Crippen LogP contribution in [0, 0.1) is 0 Å². The number of hydrogen-bond donors (Lipinski definition) is 0. The summed E-state index contributed by atoms with van der Waals surface area (Å²) in [4.78, 5) is 14.3. The number of furan rings is 1. The van der Waals surface area contributed by atoms with E-state index >= 15 is 0 Å². The highest BCUT2D eigenvalue weighted by Gasteiger charge is 2.41. The van der Waals surface area contributed by atoms with Crippen LogP contribution in [0.5, 0.6) is 0 Å². The second kappa shape index (κ2) is 8.19. The Hall–Kier alpha value is -3.33. The van der Waals surface area contributed by atoms with Gasteiger partial charge in [-0.05, 0) is 35.9 Å². The molecule has 1 amide bonds. The number of amides is 1. The third kappa shape index (κ3) is 4.16. The van der Waals surface area contributed by atoms with Crippen molar-refractivity contribution in [3.8, 4) is 0 Å². The molecule has 0 N–H and O–H groups in total. The smallest absolute Gasteiger partial charge is 0.416 e. The van der Waals surface area contributed by atoms with Crippen molar-refractivity contribution in [3.63, 3.8) is 0 Å².